The number of anilines is 1. The number of ether oxygens (including phenoxy) is 1. The van der Waals surface area contributed by atoms with E-state index in [1.807, 2.05) is 59.5 Å². The van der Waals surface area contributed by atoms with Gasteiger partial charge in [-0.1, -0.05) is 30.3 Å². The number of methoxy groups -OCH3 is 1. The van der Waals surface area contributed by atoms with E-state index in [4.69, 9.17) is 4.74 Å². The standard InChI is InChI=1S/C21H21NO3/c1-25-18-9-7-15(8-10-18)19-21(13-11-17(23)12-14-21)20(24)22(19)16-5-3-2-4-6-16/h2-10,19H,11-14H2,1H3/t19-/m1/s1. The van der Waals surface area contributed by atoms with Crippen LogP contribution in [0.1, 0.15) is 37.3 Å². The highest BCUT2D eigenvalue weighted by Crippen LogP contribution is 2.58. The molecule has 1 spiro atoms. The normalized spacial score (nSPS) is 22.0. The topological polar surface area (TPSA) is 46.6 Å². The molecule has 4 rings (SSSR count). The molecule has 1 saturated carbocycles. The molecule has 25 heavy (non-hydrogen) atoms. The van der Waals surface area contributed by atoms with Crippen molar-refractivity contribution < 1.29 is 14.3 Å². The first-order valence-electron chi connectivity index (χ1n) is 8.70. The molecule has 4 heteroatoms. The third-order valence-electron chi connectivity index (χ3n) is 5.59. The minimum Gasteiger partial charge on any atom is -0.497 e. The molecule has 2 aromatic carbocycles. The second-order valence-corrected chi connectivity index (χ2v) is 6.88. The predicted octanol–water partition coefficient (Wildman–Crippen LogP) is 3.91. The van der Waals surface area contributed by atoms with Crippen molar-refractivity contribution >= 4 is 17.4 Å². The van der Waals surface area contributed by atoms with E-state index < -0.39 is 5.41 Å². The van der Waals surface area contributed by atoms with Crippen LogP contribution in [-0.4, -0.2) is 18.8 Å². The summed E-state index contributed by atoms with van der Waals surface area (Å²) < 4.78 is 5.26. The summed E-state index contributed by atoms with van der Waals surface area (Å²) in [5.74, 6) is 1.21. The first-order valence-corrected chi connectivity index (χ1v) is 8.70. The van der Waals surface area contributed by atoms with E-state index in [0.717, 1.165) is 17.0 Å². The SMILES string of the molecule is COc1ccc([C@H]2N(c3ccccc3)C(=O)C23CCC(=O)CC3)cc1. The Morgan fingerprint density at radius 1 is 0.960 bits per heavy atom. The Labute approximate surface area is 147 Å². The van der Waals surface area contributed by atoms with Crippen LogP contribution in [0.15, 0.2) is 54.6 Å². The lowest BCUT2D eigenvalue weighted by atomic mass is 9.60. The van der Waals surface area contributed by atoms with E-state index in [1.165, 1.54) is 0 Å². The van der Waals surface area contributed by atoms with E-state index in [1.54, 1.807) is 7.11 Å². The molecule has 0 radical (unpaired) electrons. The van der Waals surface area contributed by atoms with Gasteiger partial charge in [0.1, 0.15) is 11.5 Å². The summed E-state index contributed by atoms with van der Waals surface area (Å²) in [5, 5.41) is 0. The van der Waals surface area contributed by atoms with Gasteiger partial charge in [0, 0.05) is 18.5 Å². The lowest BCUT2D eigenvalue weighted by Crippen LogP contribution is -2.64. The zero-order valence-electron chi connectivity index (χ0n) is 14.3. The van der Waals surface area contributed by atoms with Crippen molar-refractivity contribution in [1.82, 2.24) is 0 Å². The number of β-lactam (4-membered cyclic amide) rings is 1. The molecular weight excluding hydrogens is 314 g/mol. The zero-order chi connectivity index (χ0) is 17.4. The molecule has 1 atom stereocenters. The molecule has 2 aromatic rings. The van der Waals surface area contributed by atoms with Gasteiger partial charge in [-0.3, -0.25) is 9.59 Å². The van der Waals surface area contributed by atoms with E-state index in [-0.39, 0.29) is 17.7 Å². The Balaban J connectivity index is 1.75. The molecule has 0 aromatic heterocycles. The van der Waals surface area contributed by atoms with E-state index in [0.29, 0.717) is 25.7 Å². The number of rotatable bonds is 3. The lowest BCUT2D eigenvalue weighted by molar-refractivity contribution is -0.145. The zero-order valence-corrected chi connectivity index (χ0v) is 14.3. The Hall–Kier alpha value is -2.62. The second kappa shape index (κ2) is 6.03. The smallest absolute Gasteiger partial charge is 0.236 e. The maximum Gasteiger partial charge on any atom is 0.236 e. The number of Topliss-reactive ketones (excluding diaryl/α,β-unsaturated/α-hetero) is 1. The molecule has 1 saturated heterocycles. The van der Waals surface area contributed by atoms with Gasteiger partial charge in [0.2, 0.25) is 5.91 Å². The average molecular weight is 335 g/mol. The fourth-order valence-electron chi connectivity index (χ4n) is 4.23. The van der Waals surface area contributed by atoms with Crippen LogP contribution in [-0.2, 0) is 9.59 Å². The molecule has 128 valence electrons. The van der Waals surface area contributed by atoms with Gasteiger partial charge in [-0.15, -0.1) is 0 Å². The largest absolute Gasteiger partial charge is 0.497 e. The van der Waals surface area contributed by atoms with Gasteiger partial charge in [-0.25, -0.2) is 0 Å². The van der Waals surface area contributed by atoms with Crippen LogP contribution in [0.25, 0.3) is 0 Å². The predicted molar refractivity (Wildman–Crippen MR) is 95.6 cm³/mol. The lowest BCUT2D eigenvalue weighted by Gasteiger charge is -2.57. The van der Waals surface area contributed by atoms with Crippen LogP contribution >= 0.6 is 0 Å². The summed E-state index contributed by atoms with van der Waals surface area (Å²) in [4.78, 5) is 26.8. The Morgan fingerprint density at radius 3 is 2.20 bits per heavy atom. The highest BCUT2D eigenvalue weighted by atomic mass is 16.5. The molecule has 0 N–H and O–H groups in total. The maximum atomic E-state index is 13.1. The fraction of sp³-hybridized carbons (Fsp3) is 0.333. The van der Waals surface area contributed by atoms with Gasteiger partial charge in [0.15, 0.2) is 0 Å². The summed E-state index contributed by atoms with van der Waals surface area (Å²) in [6, 6.07) is 17.7. The summed E-state index contributed by atoms with van der Waals surface area (Å²) in [5.41, 5.74) is 1.56. The van der Waals surface area contributed by atoms with Gasteiger partial charge < -0.3 is 9.64 Å². The third kappa shape index (κ3) is 2.44. The first kappa shape index (κ1) is 15.9. The Morgan fingerprint density at radius 2 is 1.60 bits per heavy atom. The van der Waals surface area contributed by atoms with Gasteiger partial charge in [0.05, 0.1) is 18.6 Å². The van der Waals surface area contributed by atoms with Crippen molar-refractivity contribution in [3.05, 3.63) is 60.2 Å². The number of hydrogen-bond acceptors (Lipinski definition) is 3. The van der Waals surface area contributed by atoms with E-state index >= 15 is 0 Å². The molecule has 1 aliphatic heterocycles. The van der Waals surface area contributed by atoms with E-state index in [2.05, 4.69) is 0 Å². The molecule has 4 nitrogen and oxygen atoms in total. The van der Waals surface area contributed by atoms with Crippen LogP contribution in [0.2, 0.25) is 0 Å². The molecule has 0 unspecified atom stereocenters. The molecule has 0 bridgehead atoms. The number of benzene rings is 2. The summed E-state index contributed by atoms with van der Waals surface area (Å²) in [7, 11) is 1.65. The van der Waals surface area contributed by atoms with Crippen LogP contribution in [0.3, 0.4) is 0 Å². The van der Waals surface area contributed by atoms with Crippen molar-refractivity contribution in [2.75, 3.05) is 12.0 Å². The quantitative estimate of drug-likeness (QED) is 0.799. The van der Waals surface area contributed by atoms with Crippen LogP contribution in [0.5, 0.6) is 5.75 Å². The molecule has 1 amide bonds. The van der Waals surface area contributed by atoms with Crippen molar-refractivity contribution in [2.24, 2.45) is 5.41 Å². The van der Waals surface area contributed by atoms with Crippen molar-refractivity contribution in [3.63, 3.8) is 0 Å². The fourth-order valence-corrected chi connectivity index (χ4v) is 4.23. The monoisotopic (exact) mass is 335 g/mol. The van der Waals surface area contributed by atoms with Gasteiger partial charge in [-0.05, 0) is 42.7 Å². The third-order valence-corrected chi connectivity index (χ3v) is 5.59. The van der Waals surface area contributed by atoms with Crippen LogP contribution in [0.4, 0.5) is 5.69 Å². The number of nitrogens with zero attached hydrogens (tertiary/aromatic N) is 1. The number of hydrogen-bond donors (Lipinski definition) is 0. The van der Waals surface area contributed by atoms with E-state index in [9.17, 15) is 9.59 Å². The van der Waals surface area contributed by atoms with Crippen LogP contribution < -0.4 is 9.64 Å². The number of carbonyl (C=O) groups is 2. The van der Waals surface area contributed by atoms with Gasteiger partial charge in [0.25, 0.3) is 0 Å². The van der Waals surface area contributed by atoms with Gasteiger partial charge >= 0.3 is 0 Å². The first-order chi connectivity index (χ1) is 12.2. The highest BCUT2D eigenvalue weighted by molar-refractivity contribution is 6.07. The maximum absolute atomic E-state index is 13.1. The molecule has 2 fully saturated rings. The van der Waals surface area contributed by atoms with Crippen molar-refractivity contribution in [1.29, 1.82) is 0 Å². The van der Waals surface area contributed by atoms with Crippen molar-refractivity contribution in [2.45, 2.75) is 31.7 Å². The molecule has 2 aliphatic rings. The summed E-state index contributed by atoms with van der Waals surface area (Å²) in [6.07, 6.45) is 2.29. The van der Waals surface area contributed by atoms with Gasteiger partial charge in [-0.2, -0.15) is 0 Å². The van der Waals surface area contributed by atoms with Crippen LogP contribution in [0, 0.1) is 5.41 Å². The summed E-state index contributed by atoms with van der Waals surface area (Å²) in [6.45, 7) is 0. The Bertz CT molecular complexity index is 788. The highest BCUT2D eigenvalue weighted by Gasteiger charge is 2.61. The molecule has 1 heterocycles. The molecular formula is C21H21NO3. The minimum atomic E-state index is -0.446. The average Bonchev–Trinajstić information content (AvgIpc) is 2.67. The molecule has 1 aliphatic carbocycles. The number of ketones is 1. The number of carbonyl (C=O) groups excluding carboxylic acids is 2. The Kier molecular flexibility index (Phi) is 3.83. The van der Waals surface area contributed by atoms with Crippen molar-refractivity contribution in [3.8, 4) is 5.75 Å². The number of para-hydroxylation sites is 1. The summed E-state index contributed by atoms with van der Waals surface area (Å²) >= 11 is 0. The number of amides is 1. The minimum absolute atomic E-state index is 0.0265. The second-order valence-electron chi connectivity index (χ2n) is 6.88.